The summed E-state index contributed by atoms with van der Waals surface area (Å²) in [6, 6.07) is 11.2. The van der Waals surface area contributed by atoms with Crippen LogP contribution in [0.3, 0.4) is 0 Å². The highest BCUT2D eigenvalue weighted by molar-refractivity contribution is 7.91. The van der Waals surface area contributed by atoms with Gasteiger partial charge in [-0.2, -0.15) is 0 Å². The number of nitrogens with zero attached hydrogens (tertiary/aromatic N) is 4. The van der Waals surface area contributed by atoms with Crippen molar-refractivity contribution < 1.29 is 23.0 Å². The Morgan fingerprint density at radius 3 is 2.64 bits per heavy atom. The van der Waals surface area contributed by atoms with Crippen LogP contribution in [-0.2, 0) is 9.84 Å². The molecule has 12 heteroatoms. The fourth-order valence-electron chi connectivity index (χ4n) is 3.70. The minimum absolute atomic E-state index is 0.00458. The molecule has 0 amide bonds. The van der Waals surface area contributed by atoms with Crippen LogP contribution in [0.25, 0.3) is 27.6 Å². The molecule has 0 spiro atoms. The summed E-state index contributed by atoms with van der Waals surface area (Å²) in [5.41, 5.74) is 2.26. The van der Waals surface area contributed by atoms with Crippen LogP contribution in [0.4, 0.5) is 10.3 Å². The number of thiazole rings is 1. The predicted octanol–water partition coefficient (Wildman–Crippen LogP) is 4.35. The number of anilines is 1. The molecule has 5 rings (SSSR count). The summed E-state index contributed by atoms with van der Waals surface area (Å²) in [5.74, 6) is -0.956. The topological polar surface area (TPSA) is 130 Å². The van der Waals surface area contributed by atoms with Gasteiger partial charge in [-0.3, -0.25) is 4.40 Å². The number of nitrogens with one attached hydrogen (secondary N) is 1. The lowest BCUT2D eigenvalue weighted by Crippen LogP contribution is -2.13. The monoisotopic (exact) mass is 525 g/mol. The number of benzene rings is 2. The molecule has 0 atom stereocenters. The van der Waals surface area contributed by atoms with Gasteiger partial charge in [0, 0.05) is 29.9 Å². The lowest BCUT2D eigenvalue weighted by Gasteiger charge is -2.09. The normalized spacial score (nSPS) is 11.7. The molecule has 0 saturated carbocycles. The number of phenolic OH excluding ortho intramolecular Hbond substituents is 2. The van der Waals surface area contributed by atoms with Crippen molar-refractivity contribution in [3.05, 3.63) is 72.1 Å². The smallest absolute Gasteiger partial charge is 0.223 e. The average molecular weight is 526 g/mol. The van der Waals surface area contributed by atoms with Gasteiger partial charge in [0.1, 0.15) is 11.4 Å². The van der Waals surface area contributed by atoms with Crippen LogP contribution in [0.15, 0.2) is 71.2 Å². The summed E-state index contributed by atoms with van der Waals surface area (Å²) >= 11 is 1.43. The molecule has 5 aromatic rings. The van der Waals surface area contributed by atoms with E-state index in [0.29, 0.717) is 46.5 Å². The number of sulfone groups is 1. The maximum Gasteiger partial charge on any atom is 0.223 e. The highest BCUT2D eigenvalue weighted by Gasteiger charge is 2.20. The zero-order valence-corrected chi connectivity index (χ0v) is 20.3. The van der Waals surface area contributed by atoms with Crippen LogP contribution >= 0.6 is 11.3 Å². The van der Waals surface area contributed by atoms with E-state index in [2.05, 4.69) is 20.3 Å². The van der Waals surface area contributed by atoms with Crippen molar-refractivity contribution in [1.82, 2.24) is 19.4 Å². The molecule has 0 radical (unpaired) electrons. The van der Waals surface area contributed by atoms with Crippen LogP contribution in [0.1, 0.15) is 6.42 Å². The Hall–Kier alpha value is -4.03. The molecule has 2 aromatic carbocycles. The third kappa shape index (κ3) is 4.72. The Bertz CT molecular complexity index is 1650. The molecule has 3 N–H and O–H groups in total. The third-order valence-electron chi connectivity index (χ3n) is 5.45. The predicted molar refractivity (Wildman–Crippen MR) is 134 cm³/mol. The van der Waals surface area contributed by atoms with E-state index in [0.717, 1.165) is 0 Å². The second kappa shape index (κ2) is 9.55. The van der Waals surface area contributed by atoms with Crippen molar-refractivity contribution in [2.45, 2.75) is 11.3 Å². The van der Waals surface area contributed by atoms with E-state index in [-0.39, 0.29) is 16.4 Å². The number of aromatic hydroxyl groups is 2. The molecule has 3 aromatic heterocycles. The van der Waals surface area contributed by atoms with E-state index in [4.69, 9.17) is 0 Å². The van der Waals surface area contributed by atoms with Gasteiger partial charge in [0.25, 0.3) is 0 Å². The Morgan fingerprint density at radius 2 is 1.86 bits per heavy atom. The minimum atomic E-state index is -3.49. The number of hydrogen-bond donors (Lipinski definition) is 3. The van der Waals surface area contributed by atoms with Gasteiger partial charge in [-0.1, -0.05) is 0 Å². The molecular weight excluding hydrogens is 505 g/mol. The number of rotatable bonds is 8. The quantitative estimate of drug-likeness (QED) is 0.255. The van der Waals surface area contributed by atoms with Crippen LogP contribution in [0.5, 0.6) is 11.5 Å². The van der Waals surface area contributed by atoms with Crippen LogP contribution in [0, 0.1) is 5.82 Å². The SMILES string of the molecule is O=S(=O)(CCCNc1nccc(-c2c(-c3ccc(F)c(O)c3)nc3sccn23)n1)c1ccc(O)cc1. The summed E-state index contributed by atoms with van der Waals surface area (Å²) in [6.07, 6.45) is 3.74. The van der Waals surface area contributed by atoms with Crippen molar-refractivity contribution in [3.8, 4) is 34.1 Å². The number of halogens is 1. The molecule has 0 unspecified atom stereocenters. The Morgan fingerprint density at radius 1 is 1.06 bits per heavy atom. The zero-order chi connectivity index (χ0) is 25.3. The van der Waals surface area contributed by atoms with Crippen LogP contribution in [0.2, 0.25) is 0 Å². The van der Waals surface area contributed by atoms with Gasteiger partial charge in [0.05, 0.1) is 22.0 Å². The summed E-state index contributed by atoms with van der Waals surface area (Å²) < 4.78 is 40.5. The zero-order valence-electron chi connectivity index (χ0n) is 18.7. The Balaban J connectivity index is 1.35. The molecule has 0 aliphatic carbocycles. The van der Waals surface area contributed by atoms with Crippen LogP contribution in [-0.4, -0.2) is 50.3 Å². The molecule has 36 heavy (non-hydrogen) atoms. The van der Waals surface area contributed by atoms with E-state index in [9.17, 15) is 23.0 Å². The number of aromatic nitrogens is 4. The number of imidazole rings is 1. The second-order valence-corrected chi connectivity index (χ2v) is 10.9. The first-order valence-electron chi connectivity index (χ1n) is 10.9. The molecule has 0 aliphatic heterocycles. The highest BCUT2D eigenvalue weighted by atomic mass is 32.2. The molecule has 0 fully saturated rings. The molecular formula is C24H20FN5O4S2. The van der Waals surface area contributed by atoms with Crippen molar-refractivity contribution in [2.24, 2.45) is 0 Å². The van der Waals surface area contributed by atoms with Crippen molar-refractivity contribution in [1.29, 1.82) is 0 Å². The molecule has 0 saturated heterocycles. The molecule has 9 nitrogen and oxygen atoms in total. The van der Waals surface area contributed by atoms with Gasteiger partial charge in [-0.05, 0) is 55.0 Å². The fraction of sp³-hybridized carbons (Fsp3) is 0.125. The summed E-state index contributed by atoms with van der Waals surface area (Å²) in [4.78, 5) is 14.3. The van der Waals surface area contributed by atoms with E-state index >= 15 is 0 Å². The standard InChI is InChI=1S/C24H20FN5O4S2/c25-18-7-2-15(14-20(18)32)21-22(30-11-12-35-24(30)29-21)19-8-10-27-23(28-19)26-9-1-13-36(33,34)17-5-3-16(31)4-6-17/h2-8,10-12,14,31-32H,1,9,13H2,(H,26,27,28). The second-order valence-electron chi connectivity index (χ2n) is 7.89. The summed E-state index contributed by atoms with van der Waals surface area (Å²) in [7, 11) is -3.49. The van der Waals surface area contributed by atoms with Gasteiger partial charge in [0.15, 0.2) is 26.4 Å². The average Bonchev–Trinajstić information content (AvgIpc) is 3.46. The number of phenols is 2. The van der Waals surface area contributed by atoms with Crippen LogP contribution < -0.4 is 5.32 Å². The summed E-state index contributed by atoms with van der Waals surface area (Å²) in [6.45, 7) is 0.319. The van der Waals surface area contributed by atoms with Gasteiger partial charge >= 0.3 is 0 Å². The molecule has 0 bridgehead atoms. The van der Waals surface area contributed by atoms with Crippen molar-refractivity contribution >= 4 is 32.1 Å². The number of hydrogen-bond acceptors (Lipinski definition) is 9. The largest absolute Gasteiger partial charge is 0.508 e. The Kier molecular flexibility index (Phi) is 6.29. The van der Waals surface area contributed by atoms with Crippen molar-refractivity contribution in [2.75, 3.05) is 17.6 Å². The maximum absolute atomic E-state index is 13.6. The van der Waals surface area contributed by atoms with Crippen molar-refractivity contribution in [3.63, 3.8) is 0 Å². The molecule has 184 valence electrons. The lowest BCUT2D eigenvalue weighted by atomic mass is 10.1. The van der Waals surface area contributed by atoms with E-state index in [1.54, 1.807) is 18.3 Å². The lowest BCUT2D eigenvalue weighted by molar-refractivity contribution is 0.432. The van der Waals surface area contributed by atoms with Gasteiger partial charge in [-0.25, -0.2) is 27.8 Å². The number of fused-ring (bicyclic) bond motifs is 1. The minimum Gasteiger partial charge on any atom is -0.508 e. The first kappa shape index (κ1) is 23.7. The fourth-order valence-corrected chi connectivity index (χ4v) is 5.73. The Labute approximate surface area is 209 Å². The van der Waals surface area contributed by atoms with Gasteiger partial charge in [-0.15, -0.1) is 11.3 Å². The van der Waals surface area contributed by atoms with Gasteiger partial charge < -0.3 is 15.5 Å². The molecule has 0 aliphatic rings. The maximum atomic E-state index is 13.6. The van der Waals surface area contributed by atoms with Gasteiger partial charge in [0.2, 0.25) is 5.95 Å². The third-order valence-corrected chi connectivity index (χ3v) is 8.02. The molecule has 3 heterocycles. The van der Waals surface area contributed by atoms with E-state index in [1.807, 2.05) is 16.0 Å². The van der Waals surface area contributed by atoms with E-state index < -0.39 is 21.4 Å². The first-order valence-corrected chi connectivity index (χ1v) is 13.4. The summed E-state index contributed by atoms with van der Waals surface area (Å²) in [5, 5.41) is 24.1. The van der Waals surface area contributed by atoms with E-state index in [1.165, 1.54) is 47.7 Å². The highest BCUT2D eigenvalue weighted by Crippen LogP contribution is 2.35. The first-order chi connectivity index (χ1) is 17.3.